The fraction of sp³-hybridized carbons (Fsp3) is 0.133. The first kappa shape index (κ1) is 11.4. The second kappa shape index (κ2) is 4.83. The minimum Gasteiger partial charge on any atom is -0.355 e. The van der Waals surface area contributed by atoms with Crippen LogP contribution in [0.5, 0.6) is 0 Å². The average molecular weight is 224 g/mol. The number of nitrogens with zero attached hydrogens (tertiary/aromatic N) is 1. The predicted molar refractivity (Wildman–Crippen MR) is 75.5 cm³/mol. The molecule has 2 rings (SSSR count). The number of nitrogens with one attached hydrogen (secondary N) is 1. The highest BCUT2D eigenvalue weighted by Gasteiger charge is 2.06. The zero-order valence-electron chi connectivity index (χ0n) is 10.2. The van der Waals surface area contributed by atoms with E-state index in [1.165, 1.54) is 5.39 Å². The molecule has 1 aromatic heterocycles. The molecule has 0 spiro atoms. The molecule has 2 nitrogen and oxygen atoms in total. The summed E-state index contributed by atoms with van der Waals surface area (Å²) in [5, 5.41) is 1.20. The van der Waals surface area contributed by atoms with Crippen LogP contribution in [0.15, 0.2) is 53.6 Å². The zero-order chi connectivity index (χ0) is 12.3. The summed E-state index contributed by atoms with van der Waals surface area (Å²) in [7, 11) is 1.77. The Morgan fingerprint density at radius 2 is 2.12 bits per heavy atom. The lowest BCUT2D eigenvalue weighted by atomic mass is 10.1. The van der Waals surface area contributed by atoms with Crippen molar-refractivity contribution in [2.75, 3.05) is 7.05 Å². The number of benzene rings is 1. The van der Waals surface area contributed by atoms with Gasteiger partial charge in [0.15, 0.2) is 0 Å². The van der Waals surface area contributed by atoms with Crippen molar-refractivity contribution in [3.05, 3.63) is 54.3 Å². The zero-order valence-corrected chi connectivity index (χ0v) is 10.2. The van der Waals surface area contributed by atoms with E-state index in [2.05, 4.69) is 34.8 Å². The fourth-order valence-corrected chi connectivity index (χ4v) is 1.86. The van der Waals surface area contributed by atoms with Gasteiger partial charge >= 0.3 is 0 Å². The second-order valence-electron chi connectivity index (χ2n) is 3.88. The molecule has 0 atom stereocenters. The maximum absolute atomic E-state index is 4.12. The van der Waals surface area contributed by atoms with Crippen LogP contribution in [0.3, 0.4) is 0 Å². The Morgan fingerprint density at radius 1 is 1.35 bits per heavy atom. The van der Waals surface area contributed by atoms with Crippen LogP contribution in [0.25, 0.3) is 16.5 Å². The second-order valence-corrected chi connectivity index (χ2v) is 3.88. The molecule has 0 aliphatic carbocycles. The lowest BCUT2D eigenvalue weighted by Gasteiger charge is -2.02. The van der Waals surface area contributed by atoms with Crippen molar-refractivity contribution in [1.29, 1.82) is 0 Å². The van der Waals surface area contributed by atoms with Gasteiger partial charge in [0, 0.05) is 29.9 Å². The highest BCUT2D eigenvalue weighted by atomic mass is 14.7. The molecule has 0 amide bonds. The Morgan fingerprint density at radius 3 is 2.76 bits per heavy atom. The van der Waals surface area contributed by atoms with Gasteiger partial charge in [-0.05, 0) is 30.2 Å². The van der Waals surface area contributed by atoms with Crippen molar-refractivity contribution >= 4 is 22.7 Å². The number of para-hydroxylation sites is 1. The molecule has 86 valence electrons. The number of H-pyrrole nitrogens is 1. The number of aromatic nitrogens is 1. The number of allylic oxidation sites excluding steroid dienone is 3. The van der Waals surface area contributed by atoms with Gasteiger partial charge in [0.2, 0.25) is 0 Å². The number of rotatable bonds is 3. The van der Waals surface area contributed by atoms with E-state index in [1.807, 2.05) is 31.3 Å². The summed E-state index contributed by atoms with van der Waals surface area (Å²) in [6, 6.07) is 10.3. The molecular formula is C15H16N2. The summed E-state index contributed by atoms with van der Waals surface area (Å²) in [6.07, 6.45) is 3.84. The van der Waals surface area contributed by atoms with E-state index in [9.17, 15) is 0 Å². The molecule has 1 aromatic carbocycles. The van der Waals surface area contributed by atoms with Crippen molar-refractivity contribution < 1.29 is 0 Å². The average Bonchev–Trinajstić information content (AvgIpc) is 2.78. The predicted octanol–water partition coefficient (Wildman–Crippen LogP) is 3.83. The smallest absolute Gasteiger partial charge is 0.0465 e. The van der Waals surface area contributed by atoms with Crippen LogP contribution < -0.4 is 0 Å². The molecule has 1 heterocycles. The molecule has 2 aromatic rings. The van der Waals surface area contributed by atoms with Crippen LogP contribution in [0.1, 0.15) is 12.6 Å². The Bertz CT molecular complexity index is 567. The molecule has 17 heavy (non-hydrogen) atoms. The fourth-order valence-electron chi connectivity index (χ4n) is 1.86. The van der Waals surface area contributed by atoms with E-state index in [0.717, 1.165) is 22.4 Å². The molecule has 0 radical (unpaired) electrons. The first-order chi connectivity index (χ1) is 8.26. The Hall–Kier alpha value is -2.09. The number of hydrogen-bond donors (Lipinski definition) is 1. The van der Waals surface area contributed by atoms with Gasteiger partial charge in [-0.15, -0.1) is 0 Å². The lowest BCUT2D eigenvalue weighted by Crippen LogP contribution is -1.90. The van der Waals surface area contributed by atoms with E-state index in [1.54, 1.807) is 7.05 Å². The topological polar surface area (TPSA) is 28.1 Å². The summed E-state index contributed by atoms with van der Waals surface area (Å²) >= 11 is 0. The molecule has 1 N–H and O–H groups in total. The van der Waals surface area contributed by atoms with Crippen LogP contribution in [0.2, 0.25) is 0 Å². The van der Waals surface area contributed by atoms with E-state index in [-0.39, 0.29) is 0 Å². The minimum absolute atomic E-state index is 0.967. The SMILES string of the molecule is C=C(/C(C=NC)=C/C)c1cc2ccccc2[nH]1. The van der Waals surface area contributed by atoms with Gasteiger partial charge in [0.25, 0.3) is 0 Å². The van der Waals surface area contributed by atoms with Gasteiger partial charge in [-0.1, -0.05) is 30.9 Å². The lowest BCUT2D eigenvalue weighted by molar-refractivity contribution is 1.39. The van der Waals surface area contributed by atoms with Gasteiger partial charge in [0.05, 0.1) is 0 Å². The van der Waals surface area contributed by atoms with Crippen molar-refractivity contribution in [2.24, 2.45) is 4.99 Å². The van der Waals surface area contributed by atoms with Crippen LogP contribution >= 0.6 is 0 Å². The van der Waals surface area contributed by atoms with Crippen molar-refractivity contribution in [3.8, 4) is 0 Å². The maximum atomic E-state index is 4.12. The third-order valence-corrected chi connectivity index (χ3v) is 2.78. The van der Waals surface area contributed by atoms with Crippen LogP contribution in [0, 0.1) is 0 Å². The van der Waals surface area contributed by atoms with Crippen LogP contribution in [0.4, 0.5) is 0 Å². The summed E-state index contributed by atoms with van der Waals surface area (Å²) in [6.45, 7) is 6.11. The van der Waals surface area contributed by atoms with Gasteiger partial charge in [-0.25, -0.2) is 0 Å². The first-order valence-corrected chi connectivity index (χ1v) is 5.62. The summed E-state index contributed by atoms with van der Waals surface area (Å²) in [5.41, 5.74) is 4.18. The van der Waals surface area contributed by atoms with E-state index in [4.69, 9.17) is 0 Å². The molecule has 2 heteroatoms. The summed E-state index contributed by atoms with van der Waals surface area (Å²) in [4.78, 5) is 7.41. The van der Waals surface area contributed by atoms with Crippen molar-refractivity contribution in [3.63, 3.8) is 0 Å². The minimum atomic E-state index is 0.967. The molecule has 0 saturated carbocycles. The Kier molecular flexibility index (Phi) is 3.24. The first-order valence-electron chi connectivity index (χ1n) is 5.62. The highest BCUT2D eigenvalue weighted by molar-refractivity contribution is 6.01. The Labute approximate surface area is 101 Å². The standard InChI is InChI=1S/C15H16N2/c1-4-12(10-16-3)11(2)15-9-13-7-5-6-8-14(13)17-15/h4-10,17H,2H2,1,3H3/b12-4+,16-10?. The van der Waals surface area contributed by atoms with Crippen molar-refractivity contribution in [1.82, 2.24) is 4.98 Å². The third-order valence-electron chi connectivity index (χ3n) is 2.78. The molecule has 0 bridgehead atoms. The number of aromatic amines is 1. The normalized spacial score (nSPS) is 12.5. The largest absolute Gasteiger partial charge is 0.355 e. The van der Waals surface area contributed by atoms with Crippen LogP contribution in [-0.2, 0) is 0 Å². The third kappa shape index (κ3) is 2.21. The van der Waals surface area contributed by atoms with Crippen molar-refractivity contribution in [2.45, 2.75) is 6.92 Å². The molecule has 0 aliphatic rings. The number of fused-ring (bicyclic) bond motifs is 1. The van der Waals surface area contributed by atoms with Crippen LogP contribution in [-0.4, -0.2) is 18.2 Å². The van der Waals surface area contributed by atoms with E-state index in [0.29, 0.717) is 0 Å². The summed E-state index contributed by atoms with van der Waals surface area (Å²) in [5.74, 6) is 0. The molecule has 0 unspecified atom stereocenters. The summed E-state index contributed by atoms with van der Waals surface area (Å²) < 4.78 is 0. The van der Waals surface area contributed by atoms with Gasteiger partial charge < -0.3 is 4.98 Å². The highest BCUT2D eigenvalue weighted by Crippen LogP contribution is 2.23. The molecule has 0 aliphatic heterocycles. The monoisotopic (exact) mass is 224 g/mol. The van der Waals surface area contributed by atoms with Gasteiger partial charge in [0.1, 0.15) is 0 Å². The quantitative estimate of drug-likeness (QED) is 0.606. The van der Waals surface area contributed by atoms with Gasteiger partial charge in [-0.2, -0.15) is 0 Å². The Balaban J connectivity index is 2.43. The number of hydrogen-bond acceptors (Lipinski definition) is 1. The molecular weight excluding hydrogens is 208 g/mol. The molecule has 0 fully saturated rings. The van der Waals surface area contributed by atoms with E-state index >= 15 is 0 Å². The van der Waals surface area contributed by atoms with Gasteiger partial charge in [-0.3, -0.25) is 4.99 Å². The maximum Gasteiger partial charge on any atom is 0.0465 e. The molecule has 0 saturated heterocycles. The number of aliphatic imine (C=N–C) groups is 1. The van der Waals surface area contributed by atoms with E-state index < -0.39 is 0 Å².